The molecule has 1 N–H and O–H groups in total. The van der Waals surface area contributed by atoms with Crippen molar-refractivity contribution < 1.29 is 17.6 Å². The number of alkyl halides is 4. The average molecular weight is 460 g/mol. The van der Waals surface area contributed by atoms with Crippen molar-refractivity contribution in [2.45, 2.75) is 62.7 Å². The average Bonchev–Trinajstić information content (AvgIpc) is 2.61. The lowest BCUT2D eigenvalue weighted by Gasteiger charge is -2.42. The van der Waals surface area contributed by atoms with Gasteiger partial charge >= 0.3 is 0 Å². The molecular weight excluding hydrogens is 438 g/mol. The van der Waals surface area contributed by atoms with Crippen molar-refractivity contribution in [1.29, 1.82) is 0 Å². The van der Waals surface area contributed by atoms with E-state index in [0.29, 0.717) is 40.3 Å². The summed E-state index contributed by atoms with van der Waals surface area (Å²) in [5.74, 6) is -6.10. The van der Waals surface area contributed by atoms with Crippen molar-refractivity contribution in [2.24, 2.45) is 11.8 Å². The summed E-state index contributed by atoms with van der Waals surface area (Å²) in [4.78, 5) is 15.8. The molecule has 2 fully saturated rings. The van der Waals surface area contributed by atoms with E-state index >= 15 is 0 Å². The fraction of sp³-hybridized carbons (Fsp3) is 0.571. The first-order valence-electron chi connectivity index (χ1n) is 9.72. The van der Waals surface area contributed by atoms with E-state index in [0.717, 1.165) is 0 Å². The van der Waals surface area contributed by atoms with Gasteiger partial charge in [0, 0.05) is 47.8 Å². The molecule has 1 aromatic carbocycles. The van der Waals surface area contributed by atoms with Gasteiger partial charge in [-0.15, -0.1) is 0 Å². The SMILES string of the molecule is O=c1cc(C2CC(F)(F)CCC2C2CCC(F)(F)CC2)[nH]c2cccc(Br)c12. The second-order valence-corrected chi connectivity index (χ2v) is 9.17. The second-order valence-electron chi connectivity index (χ2n) is 8.31. The monoisotopic (exact) mass is 459 g/mol. The van der Waals surface area contributed by atoms with E-state index in [1.807, 2.05) is 0 Å². The van der Waals surface area contributed by atoms with Gasteiger partial charge in [-0.05, 0) is 59.2 Å². The number of nitrogens with one attached hydrogen (secondary N) is 1. The first-order chi connectivity index (χ1) is 13.2. The third-order valence-corrected chi connectivity index (χ3v) is 7.13. The number of H-pyrrole nitrogens is 1. The fourth-order valence-electron chi connectivity index (χ4n) is 5.03. The number of rotatable bonds is 2. The maximum atomic E-state index is 14.3. The van der Waals surface area contributed by atoms with Crippen LogP contribution in [0.4, 0.5) is 17.6 Å². The van der Waals surface area contributed by atoms with Gasteiger partial charge in [-0.2, -0.15) is 0 Å². The summed E-state index contributed by atoms with van der Waals surface area (Å²) < 4.78 is 56.3. The van der Waals surface area contributed by atoms with E-state index in [1.165, 1.54) is 6.07 Å². The zero-order chi connectivity index (χ0) is 20.1. The van der Waals surface area contributed by atoms with Crippen LogP contribution in [0, 0.1) is 11.8 Å². The van der Waals surface area contributed by atoms with E-state index in [9.17, 15) is 22.4 Å². The Morgan fingerprint density at radius 2 is 1.68 bits per heavy atom. The van der Waals surface area contributed by atoms with Gasteiger partial charge < -0.3 is 4.98 Å². The van der Waals surface area contributed by atoms with Gasteiger partial charge in [0.1, 0.15) is 0 Å². The lowest BCUT2D eigenvalue weighted by atomic mass is 9.65. The summed E-state index contributed by atoms with van der Waals surface area (Å²) in [5, 5.41) is 0.489. The number of hydrogen-bond donors (Lipinski definition) is 1. The minimum Gasteiger partial charge on any atom is -0.358 e. The molecule has 2 unspecified atom stereocenters. The molecule has 28 heavy (non-hydrogen) atoms. The standard InChI is InChI=1S/C21H22BrF4NO/c22-15-2-1-3-16-19(15)18(28)10-17(27-16)14-11-21(25,26)9-6-13(14)12-4-7-20(23,24)8-5-12/h1-3,10,12-14H,4-9,11H2,(H,27,28). The van der Waals surface area contributed by atoms with Crippen molar-refractivity contribution >= 4 is 26.8 Å². The van der Waals surface area contributed by atoms with Crippen molar-refractivity contribution in [3.05, 3.63) is 44.7 Å². The number of aromatic nitrogens is 1. The molecule has 4 rings (SSSR count). The lowest BCUT2D eigenvalue weighted by molar-refractivity contribution is -0.0840. The van der Waals surface area contributed by atoms with E-state index < -0.39 is 17.8 Å². The van der Waals surface area contributed by atoms with Crippen molar-refractivity contribution in [2.75, 3.05) is 0 Å². The number of halogens is 5. The van der Waals surface area contributed by atoms with Crippen LogP contribution in [0.25, 0.3) is 10.9 Å². The van der Waals surface area contributed by atoms with Gasteiger partial charge in [-0.3, -0.25) is 4.79 Å². The van der Waals surface area contributed by atoms with Gasteiger partial charge in [-0.1, -0.05) is 6.07 Å². The molecule has 2 aromatic rings. The van der Waals surface area contributed by atoms with E-state index in [-0.39, 0.29) is 42.9 Å². The van der Waals surface area contributed by atoms with Crippen LogP contribution in [0.15, 0.2) is 33.5 Å². The highest BCUT2D eigenvalue weighted by atomic mass is 79.9. The van der Waals surface area contributed by atoms with Crippen LogP contribution in [0.3, 0.4) is 0 Å². The molecule has 0 saturated heterocycles. The smallest absolute Gasteiger partial charge is 0.248 e. The van der Waals surface area contributed by atoms with Crippen molar-refractivity contribution in [1.82, 2.24) is 4.98 Å². The van der Waals surface area contributed by atoms with Gasteiger partial charge in [0.2, 0.25) is 11.8 Å². The fourth-order valence-corrected chi connectivity index (χ4v) is 5.59. The number of aromatic amines is 1. The van der Waals surface area contributed by atoms with Gasteiger partial charge in [0.05, 0.1) is 10.9 Å². The van der Waals surface area contributed by atoms with Crippen LogP contribution in [-0.2, 0) is 0 Å². The third kappa shape index (κ3) is 3.87. The predicted octanol–water partition coefficient (Wildman–Crippen LogP) is 6.64. The van der Waals surface area contributed by atoms with Crippen LogP contribution in [0.1, 0.15) is 56.6 Å². The summed E-state index contributed by atoms with van der Waals surface area (Å²) in [5.41, 5.74) is 0.871. The van der Waals surface area contributed by atoms with Crippen LogP contribution >= 0.6 is 15.9 Å². The molecule has 2 atom stereocenters. The lowest BCUT2D eigenvalue weighted by Crippen LogP contribution is -2.38. The van der Waals surface area contributed by atoms with E-state index in [1.54, 1.807) is 18.2 Å². The Labute approximate surface area is 168 Å². The maximum absolute atomic E-state index is 14.3. The summed E-state index contributed by atoms with van der Waals surface area (Å²) >= 11 is 3.36. The molecule has 1 heterocycles. The highest BCUT2D eigenvalue weighted by Gasteiger charge is 2.47. The Morgan fingerprint density at radius 3 is 2.39 bits per heavy atom. The van der Waals surface area contributed by atoms with Crippen LogP contribution in [0.5, 0.6) is 0 Å². The molecule has 1 aromatic heterocycles. The summed E-state index contributed by atoms with van der Waals surface area (Å²) in [6.45, 7) is 0. The molecule has 2 nitrogen and oxygen atoms in total. The highest BCUT2D eigenvalue weighted by Crippen LogP contribution is 2.51. The predicted molar refractivity (Wildman–Crippen MR) is 104 cm³/mol. The van der Waals surface area contributed by atoms with Gasteiger partial charge in [0.25, 0.3) is 0 Å². The molecule has 2 aliphatic rings. The normalized spacial score (nSPS) is 27.8. The Bertz CT molecular complexity index is 932. The summed E-state index contributed by atoms with van der Waals surface area (Å²) in [7, 11) is 0. The number of pyridine rings is 1. The quantitative estimate of drug-likeness (QED) is 0.501. The van der Waals surface area contributed by atoms with Crippen LogP contribution in [-0.4, -0.2) is 16.8 Å². The van der Waals surface area contributed by atoms with E-state index in [2.05, 4.69) is 20.9 Å². The van der Waals surface area contributed by atoms with Gasteiger partial charge in [-0.25, -0.2) is 17.6 Å². The summed E-state index contributed by atoms with van der Waals surface area (Å²) in [6, 6.07) is 6.71. The van der Waals surface area contributed by atoms with E-state index in [4.69, 9.17) is 0 Å². The Morgan fingerprint density at radius 1 is 1.00 bits per heavy atom. The molecule has 0 spiro atoms. The van der Waals surface area contributed by atoms with Crippen molar-refractivity contribution in [3.63, 3.8) is 0 Å². The molecule has 2 saturated carbocycles. The maximum Gasteiger partial charge on any atom is 0.248 e. The topological polar surface area (TPSA) is 32.9 Å². The zero-order valence-corrected chi connectivity index (χ0v) is 16.9. The molecular formula is C21H22BrF4NO. The Hall–Kier alpha value is -1.37. The molecule has 7 heteroatoms. The second kappa shape index (κ2) is 7.15. The Balaban J connectivity index is 1.71. The van der Waals surface area contributed by atoms with Gasteiger partial charge in [0.15, 0.2) is 5.43 Å². The molecule has 0 amide bonds. The molecule has 0 bridgehead atoms. The number of fused-ring (bicyclic) bond motifs is 1. The molecule has 0 radical (unpaired) electrons. The molecule has 152 valence electrons. The first-order valence-corrected chi connectivity index (χ1v) is 10.5. The van der Waals surface area contributed by atoms with Crippen molar-refractivity contribution in [3.8, 4) is 0 Å². The third-order valence-electron chi connectivity index (χ3n) is 6.47. The minimum atomic E-state index is -2.80. The van der Waals surface area contributed by atoms with Crippen LogP contribution in [0.2, 0.25) is 0 Å². The highest BCUT2D eigenvalue weighted by molar-refractivity contribution is 9.10. The molecule has 0 aliphatic heterocycles. The zero-order valence-electron chi connectivity index (χ0n) is 15.3. The van der Waals surface area contributed by atoms with Crippen LogP contribution < -0.4 is 5.43 Å². The largest absolute Gasteiger partial charge is 0.358 e. The summed E-state index contributed by atoms with van der Waals surface area (Å²) in [6.07, 6.45) is 0.0695. The number of benzene rings is 1. The molecule has 2 aliphatic carbocycles. The first kappa shape index (κ1) is 19.9. The number of hydrogen-bond acceptors (Lipinski definition) is 1. The minimum absolute atomic E-state index is 0.0116. The Kier molecular flexibility index (Phi) is 5.09.